The summed E-state index contributed by atoms with van der Waals surface area (Å²) in [4.78, 5) is 21.1. The second-order valence-corrected chi connectivity index (χ2v) is 7.56. The molecule has 0 aliphatic heterocycles. The van der Waals surface area contributed by atoms with Gasteiger partial charge in [0.05, 0.1) is 6.54 Å². The van der Waals surface area contributed by atoms with Gasteiger partial charge in [-0.15, -0.1) is 0 Å². The molecule has 0 spiro atoms. The molecule has 2 aromatic heterocycles. The van der Waals surface area contributed by atoms with Crippen molar-refractivity contribution in [3.8, 4) is 5.75 Å². The number of carboxylic acid groups (broad SMARTS) is 1. The van der Waals surface area contributed by atoms with Crippen molar-refractivity contribution in [2.75, 3.05) is 0 Å². The van der Waals surface area contributed by atoms with Crippen LogP contribution in [0, 0.1) is 6.92 Å². The number of aromatic nitrogens is 3. The van der Waals surface area contributed by atoms with Gasteiger partial charge in [0.15, 0.2) is 5.65 Å². The Morgan fingerprint density at radius 2 is 1.84 bits per heavy atom. The fourth-order valence-corrected chi connectivity index (χ4v) is 3.65. The van der Waals surface area contributed by atoms with Crippen molar-refractivity contribution in [1.29, 1.82) is 0 Å². The molecule has 4 rings (SSSR count). The lowest BCUT2D eigenvalue weighted by molar-refractivity contribution is -0.145. The van der Waals surface area contributed by atoms with Gasteiger partial charge in [0.1, 0.15) is 17.1 Å². The smallest absolute Gasteiger partial charge is 0.349 e. The highest BCUT2D eigenvalue weighted by Gasteiger charge is 2.21. The quantitative estimate of drug-likeness (QED) is 0.441. The number of aliphatic carboxylic acids is 1. The van der Waals surface area contributed by atoms with Gasteiger partial charge in [0.25, 0.3) is 0 Å². The summed E-state index contributed by atoms with van der Waals surface area (Å²) in [6.45, 7) is 4.83. The molecule has 6 nitrogen and oxygen atoms in total. The minimum Gasteiger partial charge on any atom is -0.478 e. The van der Waals surface area contributed by atoms with Gasteiger partial charge < -0.3 is 14.4 Å². The molecule has 4 aromatic rings. The average Bonchev–Trinajstić information content (AvgIpc) is 3.12. The molecule has 0 fully saturated rings. The predicted octanol–water partition coefficient (Wildman–Crippen LogP) is 4.95. The summed E-state index contributed by atoms with van der Waals surface area (Å²) >= 11 is 0. The van der Waals surface area contributed by atoms with Gasteiger partial charge in [-0.25, -0.2) is 14.8 Å². The van der Waals surface area contributed by atoms with Gasteiger partial charge in [-0.05, 0) is 42.7 Å². The SMILES string of the molecule is CCCc1nc2c(C)ccnc2n1Cc1ccc(OC(C(=O)O)c2ccccc2)cc1. The molecule has 158 valence electrons. The lowest BCUT2D eigenvalue weighted by Crippen LogP contribution is -2.18. The number of hydrogen-bond acceptors (Lipinski definition) is 4. The molecule has 0 aliphatic carbocycles. The van der Waals surface area contributed by atoms with Crippen LogP contribution in [0.3, 0.4) is 0 Å². The summed E-state index contributed by atoms with van der Waals surface area (Å²) in [6.07, 6.45) is 2.66. The maximum atomic E-state index is 11.7. The number of carboxylic acids is 1. The highest BCUT2D eigenvalue weighted by molar-refractivity contribution is 5.75. The lowest BCUT2D eigenvalue weighted by atomic mass is 10.1. The van der Waals surface area contributed by atoms with Crippen molar-refractivity contribution in [3.63, 3.8) is 0 Å². The number of aryl methyl sites for hydroxylation is 2. The molecule has 1 N–H and O–H groups in total. The zero-order chi connectivity index (χ0) is 21.8. The highest BCUT2D eigenvalue weighted by atomic mass is 16.5. The molecule has 1 unspecified atom stereocenters. The fraction of sp³-hybridized carbons (Fsp3) is 0.240. The first-order chi connectivity index (χ1) is 15.1. The van der Waals surface area contributed by atoms with Gasteiger partial charge in [-0.2, -0.15) is 0 Å². The van der Waals surface area contributed by atoms with Crippen LogP contribution >= 0.6 is 0 Å². The third-order valence-electron chi connectivity index (χ3n) is 5.23. The second kappa shape index (κ2) is 9.00. The van der Waals surface area contributed by atoms with Crippen molar-refractivity contribution in [1.82, 2.24) is 14.5 Å². The number of imidazole rings is 1. The summed E-state index contributed by atoms with van der Waals surface area (Å²) in [6, 6.07) is 18.5. The maximum Gasteiger partial charge on any atom is 0.349 e. The molecular weight excluding hydrogens is 390 g/mol. The molecular formula is C25H25N3O3. The van der Waals surface area contributed by atoms with Gasteiger partial charge in [-0.1, -0.05) is 49.4 Å². The van der Waals surface area contributed by atoms with E-state index in [0.717, 1.165) is 41.0 Å². The van der Waals surface area contributed by atoms with E-state index < -0.39 is 12.1 Å². The Labute approximate surface area is 181 Å². The standard InChI is InChI=1S/C25H25N3O3/c1-3-7-21-27-22-17(2)14-15-26-24(22)28(21)16-18-10-12-20(13-11-18)31-23(25(29)30)19-8-5-4-6-9-19/h4-6,8-15,23H,3,7,16H2,1-2H3,(H,29,30). The van der Waals surface area contributed by atoms with Crippen molar-refractivity contribution in [3.05, 3.63) is 89.4 Å². The van der Waals surface area contributed by atoms with Crippen molar-refractivity contribution < 1.29 is 14.6 Å². The molecule has 0 aliphatic rings. The minimum absolute atomic E-state index is 0.512. The van der Waals surface area contributed by atoms with Crippen LogP contribution in [0.2, 0.25) is 0 Å². The van der Waals surface area contributed by atoms with E-state index >= 15 is 0 Å². The minimum atomic E-state index is -1.05. The summed E-state index contributed by atoms with van der Waals surface area (Å²) in [5.41, 5.74) is 4.62. The van der Waals surface area contributed by atoms with E-state index in [0.29, 0.717) is 17.9 Å². The summed E-state index contributed by atoms with van der Waals surface area (Å²) in [5, 5.41) is 9.58. The normalized spacial score (nSPS) is 12.1. The third-order valence-corrected chi connectivity index (χ3v) is 5.23. The van der Waals surface area contributed by atoms with E-state index in [2.05, 4.69) is 23.4 Å². The van der Waals surface area contributed by atoms with E-state index in [-0.39, 0.29) is 0 Å². The van der Waals surface area contributed by atoms with Crippen LogP contribution in [0.25, 0.3) is 11.2 Å². The van der Waals surface area contributed by atoms with Crippen LogP contribution in [-0.4, -0.2) is 25.6 Å². The van der Waals surface area contributed by atoms with E-state index in [1.807, 2.05) is 42.6 Å². The maximum absolute atomic E-state index is 11.7. The first-order valence-corrected chi connectivity index (χ1v) is 10.4. The van der Waals surface area contributed by atoms with Gasteiger partial charge in [0, 0.05) is 18.2 Å². The number of carbonyl (C=O) groups is 1. The van der Waals surface area contributed by atoms with Gasteiger partial charge >= 0.3 is 5.97 Å². The van der Waals surface area contributed by atoms with E-state index in [1.165, 1.54) is 0 Å². The Bertz CT molecular complexity index is 1180. The fourth-order valence-electron chi connectivity index (χ4n) is 3.65. The molecule has 1 atom stereocenters. The molecule has 0 saturated heterocycles. The first-order valence-electron chi connectivity index (χ1n) is 10.4. The van der Waals surface area contributed by atoms with Crippen LogP contribution in [-0.2, 0) is 17.8 Å². The monoisotopic (exact) mass is 415 g/mol. The van der Waals surface area contributed by atoms with E-state index in [9.17, 15) is 9.90 Å². The lowest BCUT2D eigenvalue weighted by Gasteiger charge is -2.16. The Kier molecular flexibility index (Phi) is 5.98. The number of benzene rings is 2. The number of pyridine rings is 1. The number of ether oxygens (including phenoxy) is 1. The molecule has 2 aromatic carbocycles. The van der Waals surface area contributed by atoms with Crippen molar-refractivity contribution in [2.24, 2.45) is 0 Å². The zero-order valence-electron chi connectivity index (χ0n) is 17.7. The zero-order valence-corrected chi connectivity index (χ0v) is 17.7. The largest absolute Gasteiger partial charge is 0.478 e. The van der Waals surface area contributed by atoms with Crippen LogP contribution in [0.5, 0.6) is 5.75 Å². The molecule has 2 heterocycles. The molecule has 0 radical (unpaired) electrons. The summed E-state index contributed by atoms with van der Waals surface area (Å²) in [5.74, 6) is 0.513. The summed E-state index contributed by atoms with van der Waals surface area (Å²) in [7, 11) is 0. The average molecular weight is 415 g/mol. The molecule has 0 saturated carbocycles. The molecule has 31 heavy (non-hydrogen) atoms. The van der Waals surface area contributed by atoms with Crippen LogP contribution in [0.4, 0.5) is 0 Å². The molecule has 0 bridgehead atoms. The topological polar surface area (TPSA) is 77.2 Å². The van der Waals surface area contributed by atoms with E-state index in [1.54, 1.807) is 24.3 Å². The predicted molar refractivity (Wildman–Crippen MR) is 119 cm³/mol. The molecule has 6 heteroatoms. The second-order valence-electron chi connectivity index (χ2n) is 7.56. The first kappa shape index (κ1) is 20.6. The van der Waals surface area contributed by atoms with Crippen LogP contribution < -0.4 is 4.74 Å². The Morgan fingerprint density at radius 3 is 2.52 bits per heavy atom. The Hall–Kier alpha value is -3.67. The number of rotatable bonds is 8. The van der Waals surface area contributed by atoms with Gasteiger partial charge in [0.2, 0.25) is 6.10 Å². The number of nitrogens with zero attached hydrogens (tertiary/aromatic N) is 3. The summed E-state index contributed by atoms with van der Waals surface area (Å²) < 4.78 is 7.93. The third kappa shape index (κ3) is 4.43. The van der Waals surface area contributed by atoms with E-state index in [4.69, 9.17) is 9.72 Å². The highest BCUT2D eigenvalue weighted by Crippen LogP contribution is 2.24. The number of hydrogen-bond donors (Lipinski definition) is 1. The Morgan fingerprint density at radius 1 is 1.10 bits per heavy atom. The van der Waals surface area contributed by atoms with Crippen molar-refractivity contribution in [2.45, 2.75) is 39.3 Å². The Balaban J connectivity index is 1.57. The van der Waals surface area contributed by atoms with Crippen molar-refractivity contribution >= 4 is 17.1 Å². The van der Waals surface area contributed by atoms with Crippen LogP contribution in [0.15, 0.2) is 66.9 Å². The molecule has 0 amide bonds. The van der Waals surface area contributed by atoms with Gasteiger partial charge in [-0.3, -0.25) is 0 Å². The number of fused-ring (bicyclic) bond motifs is 1. The van der Waals surface area contributed by atoms with Crippen LogP contribution in [0.1, 0.15) is 42.0 Å².